The number of rotatable bonds is 1. The minimum atomic E-state index is 0.775. The predicted octanol–water partition coefficient (Wildman–Crippen LogP) is 3.96. The van der Waals surface area contributed by atoms with Gasteiger partial charge in [-0.25, -0.2) is 0 Å². The fourth-order valence-corrected chi connectivity index (χ4v) is 4.97. The Morgan fingerprint density at radius 2 is 2.00 bits per heavy atom. The molecule has 0 aromatic rings. The average molecular weight is 198 g/mol. The van der Waals surface area contributed by atoms with Crippen molar-refractivity contribution in [1.82, 2.24) is 0 Å². The van der Waals surface area contributed by atoms with Crippen LogP contribution < -0.4 is 0 Å². The quantitative estimate of drug-likeness (QED) is 0.614. The van der Waals surface area contributed by atoms with Gasteiger partial charge in [-0.3, -0.25) is 0 Å². The molecule has 76 valence electrons. The second-order valence-electron chi connectivity index (χ2n) is 5.26. The summed E-state index contributed by atoms with van der Waals surface area (Å²) in [6, 6.07) is 0. The lowest BCUT2D eigenvalue weighted by Gasteiger charge is -2.40. The Kier molecular flexibility index (Phi) is 2.92. The van der Waals surface area contributed by atoms with Crippen LogP contribution in [0.15, 0.2) is 0 Å². The Morgan fingerprint density at radius 3 is 2.62 bits per heavy atom. The summed E-state index contributed by atoms with van der Waals surface area (Å²) in [5, 5.41) is 0. The van der Waals surface area contributed by atoms with Crippen LogP contribution in [-0.2, 0) is 0 Å². The van der Waals surface area contributed by atoms with E-state index in [2.05, 4.69) is 25.6 Å². The summed E-state index contributed by atoms with van der Waals surface area (Å²) in [4.78, 5) is 0. The van der Waals surface area contributed by atoms with E-state index in [1.807, 2.05) is 0 Å². The summed E-state index contributed by atoms with van der Waals surface area (Å²) in [5.74, 6) is 4.85. The molecule has 1 heterocycles. The van der Waals surface area contributed by atoms with Gasteiger partial charge in [0.1, 0.15) is 0 Å². The van der Waals surface area contributed by atoms with Gasteiger partial charge in [0, 0.05) is 0 Å². The molecule has 2 rings (SSSR count). The largest absolute Gasteiger partial charge is 0.161 e. The zero-order chi connectivity index (χ0) is 9.31. The van der Waals surface area contributed by atoms with Gasteiger partial charge in [-0.1, -0.05) is 20.3 Å². The van der Waals surface area contributed by atoms with Crippen LogP contribution in [0.5, 0.6) is 0 Å². The van der Waals surface area contributed by atoms with Crippen molar-refractivity contribution in [2.45, 2.75) is 46.0 Å². The van der Waals surface area contributed by atoms with Crippen molar-refractivity contribution in [2.24, 2.45) is 17.3 Å². The van der Waals surface area contributed by atoms with Crippen LogP contribution in [0, 0.1) is 17.3 Å². The van der Waals surface area contributed by atoms with Gasteiger partial charge in [-0.2, -0.15) is 11.8 Å². The third-order valence-electron chi connectivity index (χ3n) is 4.13. The first-order chi connectivity index (χ1) is 6.25. The first-order valence-electron chi connectivity index (χ1n) is 5.82. The summed E-state index contributed by atoms with van der Waals surface area (Å²) in [6.45, 7) is 4.86. The van der Waals surface area contributed by atoms with E-state index in [4.69, 9.17) is 0 Å². The normalized spacial score (nSPS) is 40.4. The highest BCUT2D eigenvalue weighted by Crippen LogP contribution is 2.53. The molecule has 0 aromatic carbocycles. The monoisotopic (exact) mass is 198 g/mol. The smallest absolute Gasteiger partial charge is 0.000805 e. The van der Waals surface area contributed by atoms with Crippen molar-refractivity contribution in [3.8, 4) is 0 Å². The minimum Gasteiger partial charge on any atom is -0.161 e. The first kappa shape index (κ1) is 9.89. The Balaban J connectivity index is 2.09. The summed E-state index contributed by atoms with van der Waals surface area (Å²) in [7, 11) is 0. The molecule has 2 fully saturated rings. The molecular formula is C12H22S. The fraction of sp³-hybridized carbons (Fsp3) is 1.00. The van der Waals surface area contributed by atoms with E-state index < -0.39 is 0 Å². The van der Waals surface area contributed by atoms with Crippen LogP contribution in [0.3, 0.4) is 0 Å². The minimum absolute atomic E-state index is 0.775. The van der Waals surface area contributed by atoms with Gasteiger partial charge in [0.15, 0.2) is 0 Å². The van der Waals surface area contributed by atoms with Crippen molar-refractivity contribution in [2.75, 3.05) is 11.5 Å². The number of thioether (sulfide) groups is 1. The van der Waals surface area contributed by atoms with E-state index in [9.17, 15) is 0 Å². The lowest BCUT2D eigenvalue weighted by Crippen LogP contribution is -2.34. The molecular weight excluding hydrogens is 176 g/mol. The molecule has 13 heavy (non-hydrogen) atoms. The van der Waals surface area contributed by atoms with Crippen molar-refractivity contribution < 1.29 is 0 Å². The van der Waals surface area contributed by atoms with Crippen LogP contribution in [0.1, 0.15) is 46.0 Å². The van der Waals surface area contributed by atoms with E-state index in [-0.39, 0.29) is 0 Å². The van der Waals surface area contributed by atoms with Gasteiger partial charge in [0.05, 0.1) is 0 Å². The molecule has 0 amide bonds. The van der Waals surface area contributed by atoms with E-state index in [1.165, 1.54) is 43.6 Å². The second kappa shape index (κ2) is 3.84. The van der Waals surface area contributed by atoms with Crippen molar-refractivity contribution in [3.63, 3.8) is 0 Å². The molecule has 1 saturated heterocycles. The zero-order valence-electron chi connectivity index (χ0n) is 9.01. The highest BCUT2D eigenvalue weighted by molar-refractivity contribution is 7.99. The van der Waals surface area contributed by atoms with Gasteiger partial charge < -0.3 is 0 Å². The Labute approximate surface area is 86.9 Å². The maximum Gasteiger partial charge on any atom is -0.000805 e. The molecule has 2 unspecified atom stereocenters. The Morgan fingerprint density at radius 1 is 1.23 bits per heavy atom. The molecule has 0 aromatic heterocycles. The predicted molar refractivity (Wildman–Crippen MR) is 61.2 cm³/mol. The third-order valence-corrected chi connectivity index (χ3v) is 5.49. The summed E-state index contributed by atoms with van der Waals surface area (Å²) in [6.07, 6.45) is 7.56. The van der Waals surface area contributed by atoms with Crippen LogP contribution in [0.4, 0.5) is 0 Å². The van der Waals surface area contributed by atoms with Gasteiger partial charge >= 0.3 is 0 Å². The summed E-state index contributed by atoms with van der Waals surface area (Å²) in [5.41, 5.74) is 0.775. The molecule has 2 atom stereocenters. The molecule has 0 radical (unpaired) electrons. The van der Waals surface area contributed by atoms with E-state index in [1.54, 1.807) is 0 Å². The molecule has 1 saturated carbocycles. The number of hydrogen-bond donors (Lipinski definition) is 0. The van der Waals surface area contributed by atoms with E-state index in [0.717, 1.165) is 17.3 Å². The standard InChI is InChI=1S/C12H22S/c1-10(2)11-5-3-6-12(11)7-4-8-13-9-12/h10-11H,3-9H2,1-2H3. The van der Waals surface area contributed by atoms with Crippen molar-refractivity contribution >= 4 is 11.8 Å². The summed E-state index contributed by atoms with van der Waals surface area (Å²) < 4.78 is 0. The molecule has 2 aliphatic rings. The molecule has 1 spiro atoms. The van der Waals surface area contributed by atoms with Crippen LogP contribution >= 0.6 is 11.8 Å². The van der Waals surface area contributed by atoms with Gasteiger partial charge in [-0.15, -0.1) is 0 Å². The van der Waals surface area contributed by atoms with Gasteiger partial charge in [-0.05, 0) is 54.4 Å². The van der Waals surface area contributed by atoms with Gasteiger partial charge in [0.2, 0.25) is 0 Å². The van der Waals surface area contributed by atoms with Crippen LogP contribution in [0.25, 0.3) is 0 Å². The highest BCUT2D eigenvalue weighted by atomic mass is 32.2. The van der Waals surface area contributed by atoms with Crippen LogP contribution in [0.2, 0.25) is 0 Å². The maximum atomic E-state index is 2.43. The highest BCUT2D eigenvalue weighted by Gasteiger charge is 2.44. The maximum absolute atomic E-state index is 2.43. The van der Waals surface area contributed by atoms with E-state index >= 15 is 0 Å². The Hall–Kier alpha value is 0.350. The van der Waals surface area contributed by atoms with Crippen LogP contribution in [-0.4, -0.2) is 11.5 Å². The van der Waals surface area contributed by atoms with Crippen molar-refractivity contribution in [3.05, 3.63) is 0 Å². The first-order valence-corrected chi connectivity index (χ1v) is 6.98. The molecule has 0 bridgehead atoms. The lowest BCUT2D eigenvalue weighted by atomic mass is 9.71. The Bertz CT molecular complexity index is 168. The summed E-state index contributed by atoms with van der Waals surface area (Å²) >= 11 is 2.21. The zero-order valence-corrected chi connectivity index (χ0v) is 9.83. The molecule has 0 N–H and O–H groups in total. The van der Waals surface area contributed by atoms with Crippen molar-refractivity contribution in [1.29, 1.82) is 0 Å². The molecule has 1 aliphatic heterocycles. The third kappa shape index (κ3) is 1.77. The molecule has 0 nitrogen and oxygen atoms in total. The van der Waals surface area contributed by atoms with E-state index in [0.29, 0.717) is 0 Å². The molecule has 1 heteroatoms. The number of hydrogen-bond acceptors (Lipinski definition) is 1. The second-order valence-corrected chi connectivity index (χ2v) is 6.37. The average Bonchev–Trinajstić information content (AvgIpc) is 2.50. The van der Waals surface area contributed by atoms with Gasteiger partial charge in [0.25, 0.3) is 0 Å². The fourth-order valence-electron chi connectivity index (χ4n) is 3.57. The lowest BCUT2D eigenvalue weighted by molar-refractivity contribution is 0.161. The SMILES string of the molecule is CC(C)C1CCCC12CCCSC2. The topological polar surface area (TPSA) is 0 Å². The molecule has 1 aliphatic carbocycles.